The van der Waals surface area contributed by atoms with Crippen molar-refractivity contribution in [3.8, 4) is 5.75 Å². The molecule has 0 spiro atoms. The first-order valence-corrected chi connectivity index (χ1v) is 12.6. The Kier molecular flexibility index (Phi) is 8.15. The lowest BCUT2D eigenvalue weighted by atomic mass is 10.1. The van der Waals surface area contributed by atoms with Crippen molar-refractivity contribution in [1.82, 2.24) is 10.9 Å². The van der Waals surface area contributed by atoms with Crippen molar-refractivity contribution in [1.29, 1.82) is 0 Å². The highest BCUT2D eigenvalue weighted by molar-refractivity contribution is 7.92. The molecular weight excluding hydrogens is 452 g/mol. The van der Waals surface area contributed by atoms with Gasteiger partial charge in [-0.1, -0.05) is 36.6 Å². The fraction of sp³-hybridized carbons (Fsp3) is 0.391. The lowest BCUT2D eigenvalue weighted by Gasteiger charge is -2.11. The van der Waals surface area contributed by atoms with E-state index in [0.29, 0.717) is 35.8 Å². The van der Waals surface area contributed by atoms with Crippen LogP contribution in [0.1, 0.15) is 53.6 Å². The molecule has 7 nitrogen and oxygen atoms in total. The van der Waals surface area contributed by atoms with E-state index in [1.165, 1.54) is 0 Å². The van der Waals surface area contributed by atoms with Crippen LogP contribution >= 0.6 is 11.6 Å². The predicted molar refractivity (Wildman–Crippen MR) is 123 cm³/mol. The summed E-state index contributed by atoms with van der Waals surface area (Å²) >= 11 is 6.01. The average Bonchev–Trinajstić information content (AvgIpc) is 3.33. The second kappa shape index (κ2) is 10.8. The van der Waals surface area contributed by atoms with Gasteiger partial charge in [0.05, 0.1) is 11.0 Å². The van der Waals surface area contributed by atoms with E-state index in [-0.39, 0.29) is 17.4 Å². The monoisotopic (exact) mass is 478 g/mol. The van der Waals surface area contributed by atoms with Gasteiger partial charge in [0.2, 0.25) is 5.91 Å². The van der Waals surface area contributed by atoms with Gasteiger partial charge in [-0.15, -0.1) is 0 Å². The number of nitrogens with one attached hydrogen (secondary N) is 2. The van der Waals surface area contributed by atoms with Gasteiger partial charge in [-0.25, -0.2) is 8.42 Å². The minimum atomic E-state index is -3.27. The van der Waals surface area contributed by atoms with Crippen molar-refractivity contribution in [3.63, 3.8) is 0 Å². The number of aryl methyl sites for hydroxylation is 1. The number of rotatable bonds is 8. The molecule has 0 atom stereocenters. The molecule has 1 aliphatic rings. The van der Waals surface area contributed by atoms with Crippen LogP contribution in [0.2, 0.25) is 5.02 Å². The van der Waals surface area contributed by atoms with E-state index in [1.807, 2.05) is 13.0 Å². The summed E-state index contributed by atoms with van der Waals surface area (Å²) in [5.74, 6) is -0.534. The van der Waals surface area contributed by atoms with Crippen LogP contribution in [0.15, 0.2) is 42.5 Å². The highest BCUT2D eigenvalue weighted by atomic mass is 35.5. The molecule has 2 aromatic carbocycles. The first kappa shape index (κ1) is 24.1. The predicted octanol–water partition coefficient (Wildman–Crippen LogP) is 3.74. The molecule has 32 heavy (non-hydrogen) atoms. The van der Waals surface area contributed by atoms with Crippen molar-refractivity contribution in [2.75, 3.05) is 5.75 Å². The maximum atomic E-state index is 12.2. The van der Waals surface area contributed by atoms with Crippen LogP contribution in [0, 0.1) is 6.92 Å². The topological polar surface area (TPSA) is 102 Å². The summed E-state index contributed by atoms with van der Waals surface area (Å²) in [5.41, 5.74) is 6.75. The van der Waals surface area contributed by atoms with E-state index in [4.69, 9.17) is 16.3 Å². The van der Waals surface area contributed by atoms with Crippen molar-refractivity contribution < 1.29 is 22.7 Å². The van der Waals surface area contributed by atoms with Gasteiger partial charge in [0, 0.05) is 17.0 Å². The normalized spacial score (nSPS) is 14.2. The molecule has 0 saturated heterocycles. The van der Waals surface area contributed by atoms with Gasteiger partial charge in [-0.05, 0) is 61.2 Å². The molecule has 1 aliphatic carbocycles. The quantitative estimate of drug-likeness (QED) is 0.563. The van der Waals surface area contributed by atoms with Crippen molar-refractivity contribution in [3.05, 3.63) is 64.2 Å². The van der Waals surface area contributed by atoms with Gasteiger partial charge in [0.15, 0.2) is 9.84 Å². The van der Waals surface area contributed by atoms with Gasteiger partial charge in [0.1, 0.15) is 12.4 Å². The van der Waals surface area contributed by atoms with Crippen LogP contribution in [0.4, 0.5) is 0 Å². The number of hydrogen-bond acceptors (Lipinski definition) is 5. The Hall–Kier alpha value is -2.58. The minimum Gasteiger partial charge on any atom is -0.489 e. The second-order valence-corrected chi connectivity index (χ2v) is 10.7. The minimum absolute atomic E-state index is 0.181. The van der Waals surface area contributed by atoms with Crippen LogP contribution in [-0.4, -0.2) is 31.2 Å². The molecule has 172 valence electrons. The van der Waals surface area contributed by atoms with E-state index < -0.39 is 21.7 Å². The van der Waals surface area contributed by atoms with E-state index in [1.54, 1.807) is 36.4 Å². The number of halogens is 1. The Balaban J connectivity index is 1.42. The molecule has 0 unspecified atom stereocenters. The summed E-state index contributed by atoms with van der Waals surface area (Å²) in [6, 6.07) is 12.2. The molecular formula is C23H27ClN2O5S. The van der Waals surface area contributed by atoms with E-state index in [9.17, 15) is 18.0 Å². The zero-order valence-electron chi connectivity index (χ0n) is 17.9. The molecule has 0 heterocycles. The van der Waals surface area contributed by atoms with E-state index >= 15 is 0 Å². The third-order valence-electron chi connectivity index (χ3n) is 5.49. The number of ether oxygens (including phenoxy) is 1. The number of hydrazine groups is 1. The smallest absolute Gasteiger partial charge is 0.269 e. The molecule has 2 aromatic rings. The molecule has 0 radical (unpaired) electrons. The van der Waals surface area contributed by atoms with Gasteiger partial charge < -0.3 is 4.74 Å². The first-order valence-electron chi connectivity index (χ1n) is 10.5. The van der Waals surface area contributed by atoms with Crippen LogP contribution in [0.25, 0.3) is 0 Å². The van der Waals surface area contributed by atoms with Crippen LogP contribution < -0.4 is 15.6 Å². The molecule has 0 bridgehead atoms. The van der Waals surface area contributed by atoms with Crippen molar-refractivity contribution >= 4 is 33.3 Å². The van der Waals surface area contributed by atoms with Crippen molar-refractivity contribution in [2.45, 2.75) is 50.9 Å². The molecule has 2 N–H and O–H groups in total. The molecule has 1 fully saturated rings. The summed E-state index contributed by atoms with van der Waals surface area (Å²) in [7, 11) is -3.27. The van der Waals surface area contributed by atoms with E-state index in [2.05, 4.69) is 10.9 Å². The highest BCUT2D eigenvalue weighted by Crippen LogP contribution is 2.25. The van der Waals surface area contributed by atoms with Crippen molar-refractivity contribution in [2.24, 2.45) is 0 Å². The largest absolute Gasteiger partial charge is 0.489 e. The Bertz CT molecular complexity index is 1060. The fourth-order valence-electron chi connectivity index (χ4n) is 3.54. The molecule has 3 rings (SSSR count). The molecule has 0 aliphatic heterocycles. The zero-order valence-corrected chi connectivity index (χ0v) is 19.5. The zero-order chi connectivity index (χ0) is 23.1. The molecule has 0 aromatic heterocycles. The Morgan fingerprint density at radius 2 is 1.75 bits per heavy atom. The van der Waals surface area contributed by atoms with Crippen LogP contribution in [-0.2, 0) is 21.2 Å². The molecule has 2 amide bonds. The molecule has 9 heteroatoms. The summed E-state index contributed by atoms with van der Waals surface area (Å²) in [4.78, 5) is 24.2. The third kappa shape index (κ3) is 6.71. The Morgan fingerprint density at radius 1 is 1.06 bits per heavy atom. The van der Waals surface area contributed by atoms with E-state index in [0.717, 1.165) is 24.0 Å². The summed E-state index contributed by atoms with van der Waals surface area (Å²) in [5, 5.41) is 0.339. The SMILES string of the molecule is Cc1cc(OCc2ccc(C(=O)NNC(=O)CCS(=O)(=O)C3CCCC3)cc2)ccc1Cl. The number of benzene rings is 2. The van der Waals surface area contributed by atoms with Crippen LogP contribution in [0.5, 0.6) is 5.75 Å². The standard InChI is InChI=1S/C23H27ClN2O5S/c1-16-14-19(10-11-21(16)24)31-15-17-6-8-18(9-7-17)23(28)26-25-22(27)12-13-32(29,30)20-4-2-3-5-20/h6-11,14,20H,2-5,12-13,15H2,1H3,(H,25,27)(H,26,28). The van der Waals surface area contributed by atoms with Gasteiger partial charge in [-0.2, -0.15) is 0 Å². The van der Waals surface area contributed by atoms with Gasteiger partial charge in [0.25, 0.3) is 5.91 Å². The second-order valence-electron chi connectivity index (χ2n) is 7.92. The average molecular weight is 479 g/mol. The number of hydrogen-bond donors (Lipinski definition) is 2. The first-order chi connectivity index (χ1) is 15.2. The maximum Gasteiger partial charge on any atom is 0.269 e. The Labute approximate surface area is 193 Å². The highest BCUT2D eigenvalue weighted by Gasteiger charge is 2.28. The number of amides is 2. The lowest BCUT2D eigenvalue weighted by Crippen LogP contribution is -2.42. The number of sulfone groups is 1. The summed E-state index contributed by atoms with van der Waals surface area (Å²) < 4.78 is 30.2. The van der Waals surface area contributed by atoms with Gasteiger partial charge >= 0.3 is 0 Å². The fourth-order valence-corrected chi connectivity index (χ4v) is 5.51. The number of carbonyl (C=O) groups excluding carboxylic acids is 2. The lowest BCUT2D eigenvalue weighted by molar-refractivity contribution is -0.121. The van der Waals surface area contributed by atoms with Gasteiger partial charge in [-0.3, -0.25) is 20.4 Å². The maximum absolute atomic E-state index is 12.2. The summed E-state index contributed by atoms with van der Waals surface area (Å²) in [6.07, 6.45) is 2.98. The molecule has 1 saturated carbocycles. The Morgan fingerprint density at radius 3 is 2.41 bits per heavy atom. The van der Waals surface area contributed by atoms with Crippen LogP contribution in [0.3, 0.4) is 0 Å². The summed E-state index contributed by atoms with van der Waals surface area (Å²) in [6.45, 7) is 2.23. The third-order valence-corrected chi connectivity index (χ3v) is 8.17. The number of carbonyl (C=O) groups is 2.